The van der Waals surface area contributed by atoms with Crippen LogP contribution >= 0.6 is 0 Å². The van der Waals surface area contributed by atoms with Crippen LogP contribution in [0, 0.1) is 5.92 Å². The molecule has 0 saturated heterocycles. The molecular weight excluding hydrogens is 226 g/mol. The van der Waals surface area contributed by atoms with E-state index in [4.69, 9.17) is 4.74 Å². The Morgan fingerprint density at radius 1 is 1.33 bits per heavy atom. The average Bonchev–Trinajstić information content (AvgIpc) is 2.42. The maximum Gasteiger partial charge on any atom is 0.310 e. The molecule has 3 heteroatoms. The highest BCUT2D eigenvalue weighted by molar-refractivity contribution is 5.72. The van der Waals surface area contributed by atoms with Crippen LogP contribution in [0.3, 0.4) is 0 Å². The van der Waals surface area contributed by atoms with Crippen molar-refractivity contribution in [2.45, 2.75) is 33.3 Å². The lowest BCUT2D eigenvalue weighted by atomic mass is 10.2. The first kappa shape index (κ1) is 14.7. The van der Waals surface area contributed by atoms with E-state index in [1.54, 1.807) is 0 Å². The minimum Gasteiger partial charge on any atom is -0.461 e. The van der Waals surface area contributed by atoms with Crippen LogP contribution in [-0.2, 0) is 16.1 Å². The summed E-state index contributed by atoms with van der Waals surface area (Å²) in [5, 5.41) is 3.26. The second-order valence-electron chi connectivity index (χ2n) is 4.55. The van der Waals surface area contributed by atoms with Gasteiger partial charge in [-0.2, -0.15) is 0 Å². The Kier molecular flexibility index (Phi) is 7.11. The molecule has 1 aromatic rings. The molecule has 0 amide bonds. The highest BCUT2D eigenvalue weighted by atomic mass is 16.5. The lowest BCUT2D eigenvalue weighted by Gasteiger charge is -2.12. The van der Waals surface area contributed by atoms with Crippen molar-refractivity contribution in [2.24, 2.45) is 5.92 Å². The van der Waals surface area contributed by atoms with Gasteiger partial charge in [0.15, 0.2) is 0 Å². The molecule has 0 aromatic heterocycles. The lowest BCUT2D eigenvalue weighted by Crippen LogP contribution is -2.28. The third-order valence-corrected chi connectivity index (χ3v) is 2.78. The van der Waals surface area contributed by atoms with Crippen molar-refractivity contribution in [3.8, 4) is 0 Å². The van der Waals surface area contributed by atoms with Gasteiger partial charge in [0.05, 0.1) is 5.92 Å². The molecule has 0 saturated carbocycles. The molecule has 18 heavy (non-hydrogen) atoms. The van der Waals surface area contributed by atoms with E-state index in [9.17, 15) is 4.79 Å². The molecular formula is C15H23NO2. The van der Waals surface area contributed by atoms with Crippen LogP contribution < -0.4 is 5.32 Å². The summed E-state index contributed by atoms with van der Waals surface area (Å²) in [5.41, 5.74) is 1.02. The van der Waals surface area contributed by atoms with Crippen LogP contribution in [0.25, 0.3) is 0 Å². The molecule has 0 aliphatic rings. The first-order valence-electron chi connectivity index (χ1n) is 6.65. The Morgan fingerprint density at radius 3 is 2.72 bits per heavy atom. The Balaban J connectivity index is 2.19. The van der Waals surface area contributed by atoms with Gasteiger partial charge < -0.3 is 10.1 Å². The summed E-state index contributed by atoms with van der Waals surface area (Å²) in [6, 6.07) is 9.75. The molecule has 0 fully saturated rings. The zero-order valence-corrected chi connectivity index (χ0v) is 11.3. The van der Waals surface area contributed by atoms with Gasteiger partial charge in [0.2, 0.25) is 0 Å². The number of carbonyl (C=O) groups is 1. The van der Waals surface area contributed by atoms with Crippen LogP contribution in [0.2, 0.25) is 0 Å². The number of esters is 1. The standard InChI is InChI=1S/C15H23NO2/c1-3-4-10-16-11-13(2)15(17)18-12-14-8-6-5-7-9-14/h5-9,13,16H,3-4,10-12H2,1-2H3. The van der Waals surface area contributed by atoms with Crippen molar-refractivity contribution in [1.82, 2.24) is 5.32 Å². The minimum atomic E-state index is -0.136. The van der Waals surface area contributed by atoms with Crippen molar-refractivity contribution in [2.75, 3.05) is 13.1 Å². The molecule has 0 bridgehead atoms. The minimum absolute atomic E-state index is 0.0921. The monoisotopic (exact) mass is 249 g/mol. The number of hydrogen-bond donors (Lipinski definition) is 1. The molecule has 0 spiro atoms. The molecule has 0 heterocycles. The smallest absolute Gasteiger partial charge is 0.310 e. The number of rotatable bonds is 8. The van der Waals surface area contributed by atoms with E-state index in [2.05, 4.69) is 12.2 Å². The fraction of sp³-hybridized carbons (Fsp3) is 0.533. The van der Waals surface area contributed by atoms with Gasteiger partial charge in [0.1, 0.15) is 6.61 Å². The van der Waals surface area contributed by atoms with Crippen LogP contribution in [0.5, 0.6) is 0 Å². The average molecular weight is 249 g/mol. The van der Waals surface area contributed by atoms with Crippen molar-refractivity contribution < 1.29 is 9.53 Å². The van der Waals surface area contributed by atoms with E-state index in [1.807, 2.05) is 37.3 Å². The van der Waals surface area contributed by atoms with Crippen molar-refractivity contribution in [3.63, 3.8) is 0 Å². The second kappa shape index (κ2) is 8.70. The summed E-state index contributed by atoms with van der Waals surface area (Å²) in [6.07, 6.45) is 2.31. The van der Waals surface area contributed by atoms with Crippen molar-refractivity contribution >= 4 is 5.97 Å². The fourth-order valence-corrected chi connectivity index (χ4v) is 1.57. The predicted octanol–water partition coefficient (Wildman–Crippen LogP) is 2.76. The van der Waals surface area contributed by atoms with E-state index in [0.29, 0.717) is 13.2 Å². The Hall–Kier alpha value is -1.35. The quantitative estimate of drug-likeness (QED) is 0.568. The Morgan fingerprint density at radius 2 is 2.06 bits per heavy atom. The van der Waals surface area contributed by atoms with E-state index in [1.165, 1.54) is 6.42 Å². The molecule has 1 N–H and O–H groups in total. The molecule has 1 unspecified atom stereocenters. The maximum absolute atomic E-state index is 11.7. The van der Waals surface area contributed by atoms with Gasteiger partial charge in [-0.05, 0) is 18.5 Å². The zero-order valence-electron chi connectivity index (χ0n) is 11.3. The van der Waals surface area contributed by atoms with Gasteiger partial charge in [0, 0.05) is 6.54 Å². The van der Waals surface area contributed by atoms with E-state index in [-0.39, 0.29) is 11.9 Å². The molecule has 0 radical (unpaired) electrons. The maximum atomic E-state index is 11.7. The van der Waals surface area contributed by atoms with Crippen LogP contribution in [0.15, 0.2) is 30.3 Å². The van der Waals surface area contributed by atoms with Gasteiger partial charge in [-0.3, -0.25) is 4.79 Å². The number of ether oxygens (including phenoxy) is 1. The van der Waals surface area contributed by atoms with E-state index < -0.39 is 0 Å². The van der Waals surface area contributed by atoms with Gasteiger partial charge in [-0.1, -0.05) is 50.6 Å². The summed E-state index contributed by atoms with van der Waals surface area (Å²) < 4.78 is 5.27. The number of hydrogen-bond acceptors (Lipinski definition) is 3. The molecule has 1 aromatic carbocycles. The third-order valence-electron chi connectivity index (χ3n) is 2.78. The molecule has 0 aliphatic carbocycles. The number of carbonyl (C=O) groups excluding carboxylic acids is 1. The van der Waals surface area contributed by atoms with Gasteiger partial charge >= 0.3 is 5.97 Å². The van der Waals surface area contributed by atoms with E-state index in [0.717, 1.165) is 18.5 Å². The normalized spacial score (nSPS) is 12.1. The fourth-order valence-electron chi connectivity index (χ4n) is 1.57. The van der Waals surface area contributed by atoms with Gasteiger partial charge in [0.25, 0.3) is 0 Å². The number of unbranched alkanes of at least 4 members (excludes halogenated alkanes) is 1. The first-order valence-corrected chi connectivity index (χ1v) is 6.65. The molecule has 1 atom stereocenters. The van der Waals surface area contributed by atoms with Gasteiger partial charge in [-0.15, -0.1) is 0 Å². The topological polar surface area (TPSA) is 38.3 Å². The van der Waals surface area contributed by atoms with Crippen LogP contribution in [-0.4, -0.2) is 19.1 Å². The Labute approximate surface area is 110 Å². The molecule has 100 valence electrons. The summed E-state index contributed by atoms with van der Waals surface area (Å²) in [4.78, 5) is 11.7. The predicted molar refractivity (Wildman–Crippen MR) is 73.2 cm³/mol. The summed E-state index contributed by atoms with van der Waals surface area (Å²) in [7, 11) is 0. The van der Waals surface area contributed by atoms with Crippen molar-refractivity contribution in [1.29, 1.82) is 0 Å². The summed E-state index contributed by atoms with van der Waals surface area (Å²) in [5.74, 6) is -0.228. The summed E-state index contributed by atoms with van der Waals surface area (Å²) >= 11 is 0. The van der Waals surface area contributed by atoms with Crippen LogP contribution in [0.4, 0.5) is 0 Å². The van der Waals surface area contributed by atoms with Crippen molar-refractivity contribution in [3.05, 3.63) is 35.9 Å². The molecule has 1 rings (SSSR count). The molecule has 3 nitrogen and oxygen atoms in total. The first-order chi connectivity index (χ1) is 8.74. The van der Waals surface area contributed by atoms with E-state index >= 15 is 0 Å². The number of nitrogens with one attached hydrogen (secondary N) is 1. The second-order valence-corrected chi connectivity index (χ2v) is 4.55. The lowest BCUT2D eigenvalue weighted by molar-refractivity contribution is -0.149. The highest BCUT2D eigenvalue weighted by Gasteiger charge is 2.13. The molecule has 0 aliphatic heterocycles. The Bertz CT molecular complexity index is 338. The zero-order chi connectivity index (χ0) is 13.2. The summed E-state index contributed by atoms with van der Waals surface area (Å²) in [6.45, 7) is 6.06. The SMILES string of the molecule is CCCCNCC(C)C(=O)OCc1ccccc1. The largest absolute Gasteiger partial charge is 0.461 e. The third kappa shape index (κ3) is 5.82. The number of benzene rings is 1. The van der Waals surface area contributed by atoms with Gasteiger partial charge in [-0.25, -0.2) is 0 Å². The highest BCUT2D eigenvalue weighted by Crippen LogP contribution is 2.04. The van der Waals surface area contributed by atoms with Crippen LogP contribution in [0.1, 0.15) is 32.3 Å².